The number of rotatable bonds is 3. The zero-order chi connectivity index (χ0) is 12.3. The molecule has 17 heavy (non-hydrogen) atoms. The molecule has 4 N–H and O–H groups in total. The van der Waals surface area contributed by atoms with E-state index in [1.807, 2.05) is 0 Å². The molecule has 0 aromatic carbocycles. The predicted molar refractivity (Wildman–Crippen MR) is 63.4 cm³/mol. The van der Waals surface area contributed by atoms with E-state index in [1.54, 1.807) is 42.6 Å². The Balaban J connectivity index is 2.37. The monoisotopic (exact) mass is 228 g/mol. The van der Waals surface area contributed by atoms with Gasteiger partial charge in [-0.15, -0.1) is 0 Å². The van der Waals surface area contributed by atoms with Gasteiger partial charge < -0.3 is 5.11 Å². The van der Waals surface area contributed by atoms with Crippen LogP contribution in [0.4, 0.5) is 0 Å². The summed E-state index contributed by atoms with van der Waals surface area (Å²) in [5.41, 5.74) is 4.16. The first-order chi connectivity index (χ1) is 8.12. The maximum absolute atomic E-state index is 10.2. The summed E-state index contributed by atoms with van der Waals surface area (Å²) in [5, 5.41) is 18.1. The molecule has 0 spiro atoms. The van der Waals surface area contributed by atoms with E-state index in [4.69, 9.17) is 11.1 Å². The lowest BCUT2D eigenvalue weighted by atomic mass is 10.0. The van der Waals surface area contributed by atoms with Crippen LogP contribution < -0.4 is 5.73 Å². The Kier molecular flexibility index (Phi) is 2.95. The lowest BCUT2D eigenvalue weighted by molar-refractivity contribution is 0.114. The maximum atomic E-state index is 10.2. The van der Waals surface area contributed by atoms with Crippen molar-refractivity contribution < 1.29 is 5.11 Å². The van der Waals surface area contributed by atoms with Gasteiger partial charge in [-0.3, -0.25) is 21.1 Å². The van der Waals surface area contributed by atoms with E-state index in [0.717, 1.165) is 0 Å². The topological polar surface area (TPSA) is 95.9 Å². The van der Waals surface area contributed by atoms with Crippen LogP contribution in [0.3, 0.4) is 0 Å². The van der Waals surface area contributed by atoms with Gasteiger partial charge >= 0.3 is 0 Å². The molecule has 0 fully saturated rings. The average molecular weight is 228 g/mol. The third-order valence-electron chi connectivity index (χ3n) is 2.36. The number of hydrogen-bond acceptors (Lipinski definition) is 5. The molecule has 5 nitrogen and oxygen atoms in total. The zero-order valence-corrected chi connectivity index (χ0v) is 9.04. The highest BCUT2D eigenvalue weighted by Gasteiger charge is 2.32. The summed E-state index contributed by atoms with van der Waals surface area (Å²) in [6.07, 6.45) is 3.05. The largest absolute Gasteiger partial charge is 0.365 e. The second-order valence-electron chi connectivity index (χ2n) is 3.57. The van der Waals surface area contributed by atoms with Gasteiger partial charge in [-0.1, -0.05) is 12.1 Å². The highest BCUT2D eigenvalue weighted by atomic mass is 16.3. The van der Waals surface area contributed by atoms with Crippen molar-refractivity contribution in [3.05, 3.63) is 60.2 Å². The second kappa shape index (κ2) is 4.40. The van der Waals surface area contributed by atoms with Gasteiger partial charge in [0.1, 0.15) is 5.71 Å². The lowest BCUT2D eigenvalue weighted by Crippen LogP contribution is -2.45. The van der Waals surface area contributed by atoms with E-state index in [1.165, 1.54) is 6.20 Å². The number of aliphatic hydroxyl groups is 1. The molecule has 1 atom stereocenters. The van der Waals surface area contributed by atoms with E-state index in [0.29, 0.717) is 5.69 Å². The summed E-state index contributed by atoms with van der Waals surface area (Å²) >= 11 is 0. The molecule has 0 amide bonds. The summed E-state index contributed by atoms with van der Waals surface area (Å²) in [5.74, 6) is 0. The van der Waals surface area contributed by atoms with Gasteiger partial charge in [-0.05, 0) is 24.3 Å². The summed E-state index contributed by atoms with van der Waals surface area (Å²) in [6.45, 7) is 0. The first-order valence-corrected chi connectivity index (χ1v) is 5.05. The fourth-order valence-corrected chi connectivity index (χ4v) is 1.42. The summed E-state index contributed by atoms with van der Waals surface area (Å²) in [6, 6.07) is 10.1. The maximum Gasteiger partial charge on any atom is 0.202 e. The highest BCUT2D eigenvalue weighted by Crippen LogP contribution is 2.16. The molecule has 0 radical (unpaired) electrons. The van der Waals surface area contributed by atoms with Crippen LogP contribution in [0.15, 0.2) is 48.8 Å². The van der Waals surface area contributed by atoms with Crippen LogP contribution in [0.25, 0.3) is 0 Å². The molecule has 1 unspecified atom stereocenters. The van der Waals surface area contributed by atoms with Crippen LogP contribution in [0.1, 0.15) is 11.4 Å². The molecule has 0 aliphatic rings. The predicted octanol–water partition coefficient (Wildman–Crippen LogP) is 0.648. The molecule has 0 aliphatic carbocycles. The van der Waals surface area contributed by atoms with Crippen molar-refractivity contribution in [1.29, 1.82) is 5.41 Å². The molecule has 2 heterocycles. The minimum atomic E-state index is -1.93. The second-order valence-corrected chi connectivity index (χ2v) is 3.57. The molecule has 2 aromatic heterocycles. The Hall–Kier alpha value is -2.11. The highest BCUT2D eigenvalue weighted by molar-refractivity contribution is 6.02. The zero-order valence-electron chi connectivity index (χ0n) is 9.04. The molecule has 2 rings (SSSR count). The van der Waals surface area contributed by atoms with Gasteiger partial charge in [0.05, 0.1) is 11.4 Å². The van der Waals surface area contributed by atoms with Crippen LogP contribution in [0.2, 0.25) is 0 Å². The van der Waals surface area contributed by atoms with Crippen LogP contribution in [0.5, 0.6) is 0 Å². The van der Waals surface area contributed by atoms with Gasteiger partial charge in [0, 0.05) is 12.4 Å². The number of aromatic nitrogens is 2. The van der Waals surface area contributed by atoms with Crippen molar-refractivity contribution in [3.63, 3.8) is 0 Å². The van der Waals surface area contributed by atoms with Crippen molar-refractivity contribution in [2.45, 2.75) is 5.72 Å². The molecule has 2 aromatic rings. The van der Waals surface area contributed by atoms with Crippen LogP contribution >= 0.6 is 0 Å². The van der Waals surface area contributed by atoms with E-state index < -0.39 is 5.72 Å². The van der Waals surface area contributed by atoms with Crippen molar-refractivity contribution >= 4 is 5.71 Å². The summed E-state index contributed by atoms with van der Waals surface area (Å²) in [4.78, 5) is 7.93. The number of nitrogens with one attached hydrogen (secondary N) is 1. The Morgan fingerprint density at radius 1 is 1.12 bits per heavy atom. The number of nitrogens with two attached hydrogens (primary N) is 1. The van der Waals surface area contributed by atoms with Crippen LogP contribution in [-0.4, -0.2) is 20.8 Å². The standard InChI is InChI=1S/C12H12N4O/c13-11(9-5-1-3-7-15-9)12(14,17)10-6-2-4-8-16-10/h1-8,13,17H,14H2. The van der Waals surface area contributed by atoms with Gasteiger partial charge in [0.2, 0.25) is 5.72 Å². The van der Waals surface area contributed by atoms with E-state index in [2.05, 4.69) is 9.97 Å². The van der Waals surface area contributed by atoms with Crippen LogP contribution in [-0.2, 0) is 5.72 Å². The molecule has 0 bridgehead atoms. The fraction of sp³-hybridized carbons (Fsp3) is 0.0833. The number of hydrogen-bond donors (Lipinski definition) is 3. The molecular weight excluding hydrogens is 216 g/mol. The van der Waals surface area contributed by atoms with Gasteiger partial charge in [-0.25, -0.2) is 0 Å². The third-order valence-corrected chi connectivity index (χ3v) is 2.36. The molecular formula is C12H12N4O. The lowest BCUT2D eigenvalue weighted by Gasteiger charge is -2.22. The minimum Gasteiger partial charge on any atom is -0.365 e. The Morgan fingerprint density at radius 2 is 1.76 bits per heavy atom. The number of nitrogens with zero attached hydrogens (tertiary/aromatic N) is 2. The van der Waals surface area contributed by atoms with E-state index in [-0.39, 0.29) is 11.4 Å². The van der Waals surface area contributed by atoms with Crippen LogP contribution in [0, 0.1) is 5.41 Å². The number of pyridine rings is 2. The molecule has 0 saturated carbocycles. The SMILES string of the molecule is N=C(c1ccccn1)C(N)(O)c1ccccn1. The van der Waals surface area contributed by atoms with Crippen molar-refractivity contribution in [2.24, 2.45) is 5.73 Å². The van der Waals surface area contributed by atoms with Gasteiger partial charge in [-0.2, -0.15) is 0 Å². The Morgan fingerprint density at radius 3 is 2.29 bits per heavy atom. The minimum absolute atomic E-state index is 0.184. The Labute approximate surface area is 98.5 Å². The molecule has 86 valence electrons. The first-order valence-electron chi connectivity index (χ1n) is 5.05. The van der Waals surface area contributed by atoms with Crippen molar-refractivity contribution in [3.8, 4) is 0 Å². The smallest absolute Gasteiger partial charge is 0.202 e. The van der Waals surface area contributed by atoms with Gasteiger partial charge in [0.25, 0.3) is 0 Å². The van der Waals surface area contributed by atoms with Gasteiger partial charge in [0.15, 0.2) is 0 Å². The Bertz CT molecular complexity index is 511. The van der Waals surface area contributed by atoms with Crippen molar-refractivity contribution in [1.82, 2.24) is 9.97 Å². The first kappa shape index (κ1) is 11.4. The normalized spacial score (nSPS) is 14.0. The molecule has 0 saturated heterocycles. The molecule has 5 heteroatoms. The van der Waals surface area contributed by atoms with E-state index >= 15 is 0 Å². The quantitative estimate of drug-likeness (QED) is 0.531. The average Bonchev–Trinajstić information content (AvgIpc) is 2.40. The summed E-state index contributed by atoms with van der Waals surface area (Å²) in [7, 11) is 0. The molecule has 0 aliphatic heterocycles. The fourth-order valence-electron chi connectivity index (χ4n) is 1.42. The summed E-state index contributed by atoms with van der Waals surface area (Å²) < 4.78 is 0. The third kappa shape index (κ3) is 2.20. The van der Waals surface area contributed by atoms with E-state index in [9.17, 15) is 5.11 Å². The van der Waals surface area contributed by atoms with Crippen molar-refractivity contribution in [2.75, 3.05) is 0 Å².